The first-order chi connectivity index (χ1) is 9.60. The molecule has 1 aromatic carbocycles. The molecule has 0 fully saturated rings. The molecule has 0 bridgehead atoms. The van der Waals surface area contributed by atoms with Crippen LogP contribution in [0.2, 0.25) is 0 Å². The van der Waals surface area contributed by atoms with E-state index in [0.717, 1.165) is 22.5 Å². The lowest BCUT2D eigenvalue weighted by molar-refractivity contribution is -0.136. The SMILES string of the molecule is Cn1c(CCC(=O)O)cn2c3ccc(C#N)cc3nc12. The lowest BCUT2D eigenvalue weighted by Crippen LogP contribution is -2.02. The molecule has 6 heteroatoms. The Hall–Kier alpha value is -2.81. The van der Waals surface area contributed by atoms with Gasteiger partial charge in [-0.3, -0.25) is 9.20 Å². The molecule has 20 heavy (non-hydrogen) atoms. The molecule has 0 aliphatic heterocycles. The van der Waals surface area contributed by atoms with Crippen molar-refractivity contribution in [1.29, 1.82) is 5.26 Å². The van der Waals surface area contributed by atoms with E-state index in [9.17, 15) is 4.79 Å². The Bertz CT molecular complexity index is 867. The van der Waals surface area contributed by atoms with E-state index in [4.69, 9.17) is 10.4 Å². The van der Waals surface area contributed by atoms with Gasteiger partial charge in [0.25, 0.3) is 0 Å². The number of carboxylic acids is 1. The Morgan fingerprint density at radius 3 is 3.00 bits per heavy atom. The number of rotatable bonds is 3. The number of nitriles is 1. The number of fused-ring (bicyclic) bond motifs is 3. The van der Waals surface area contributed by atoms with E-state index < -0.39 is 5.97 Å². The molecule has 0 amide bonds. The molecule has 1 N–H and O–H groups in total. The van der Waals surface area contributed by atoms with Crippen LogP contribution >= 0.6 is 0 Å². The Morgan fingerprint density at radius 1 is 1.50 bits per heavy atom. The molecular formula is C14H12N4O2. The molecule has 3 aromatic rings. The summed E-state index contributed by atoms with van der Waals surface area (Å²) in [5.41, 5.74) is 3.17. The molecule has 0 radical (unpaired) electrons. The van der Waals surface area contributed by atoms with Crippen molar-refractivity contribution in [3.63, 3.8) is 0 Å². The van der Waals surface area contributed by atoms with Crippen LogP contribution in [0.15, 0.2) is 24.4 Å². The van der Waals surface area contributed by atoms with Crippen molar-refractivity contribution in [2.75, 3.05) is 0 Å². The highest BCUT2D eigenvalue weighted by molar-refractivity contribution is 5.81. The summed E-state index contributed by atoms with van der Waals surface area (Å²) in [7, 11) is 1.86. The van der Waals surface area contributed by atoms with E-state index in [1.807, 2.05) is 28.3 Å². The van der Waals surface area contributed by atoms with E-state index in [1.54, 1.807) is 12.1 Å². The van der Waals surface area contributed by atoms with Crippen LogP contribution in [0.3, 0.4) is 0 Å². The fourth-order valence-corrected chi connectivity index (χ4v) is 2.35. The summed E-state index contributed by atoms with van der Waals surface area (Å²) >= 11 is 0. The highest BCUT2D eigenvalue weighted by Crippen LogP contribution is 2.20. The fraction of sp³-hybridized carbons (Fsp3) is 0.214. The zero-order valence-corrected chi connectivity index (χ0v) is 10.9. The van der Waals surface area contributed by atoms with Gasteiger partial charge in [-0.2, -0.15) is 5.26 Å². The third kappa shape index (κ3) is 1.80. The van der Waals surface area contributed by atoms with Crippen molar-refractivity contribution in [2.45, 2.75) is 12.8 Å². The second kappa shape index (κ2) is 4.38. The highest BCUT2D eigenvalue weighted by atomic mass is 16.4. The first kappa shape index (κ1) is 12.2. The summed E-state index contributed by atoms with van der Waals surface area (Å²) in [6.45, 7) is 0. The number of aliphatic carboxylic acids is 1. The summed E-state index contributed by atoms with van der Waals surface area (Å²) in [6.07, 6.45) is 2.46. The first-order valence-corrected chi connectivity index (χ1v) is 6.18. The van der Waals surface area contributed by atoms with Crippen LogP contribution in [0.1, 0.15) is 17.7 Å². The summed E-state index contributed by atoms with van der Waals surface area (Å²) < 4.78 is 3.81. The molecule has 0 saturated heterocycles. The monoisotopic (exact) mass is 268 g/mol. The van der Waals surface area contributed by atoms with Gasteiger partial charge in [0.1, 0.15) is 0 Å². The van der Waals surface area contributed by atoms with Gasteiger partial charge in [-0.05, 0) is 24.6 Å². The number of benzene rings is 1. The smallest absolute Gasteiger partial charge is 0.303 e. The van der Waals surface area contributed by atoms with E-state index in [2.05, 4.69) is 11.1 Å². The second-order valence-electron chi connectivity index (χ2n) is 4.67. The Balaban J connectivity index is 2.13. The van der Waals surface area contributed by atoms with Gasteiger partial charge < -0.3 is 9.67 Å². The van der Waals surface area contributed by atoms with Gasteiger partial charge in [0.15, 0.2) is 0 Å². The molecule has 6 nitrogen and oxygen atoms in total. The van der Waals surface area contributed by atoms with E-state index in [1.165, 1.54) is 0 Å². The van der Waals surface area contributed by atoms with Gasteiger partial charge in [-0.25, -0.2) is 4.98 Å². The molecule has 0 aliphatic rings. The molecule has 0 saturated carbocycles. The minimum absolute atomic E-state index is 0.0948. The van der Waals surface area contributed by atoms with Gasteiger partial charge in [0, 0.05) is 18.9 Å². The molecule has 0 aliphatic carbocycles. The van der Waals surface area contributed by atoms with Crippen LogP contribution in [0.4, 0.5) is 0 Å². The number of carbonyl (C=O) groups is 1. The van der Waals surface area contributed by atoms with Crippen LogP contribution in [0, 0.1) is 11.3 Å². The van der Waals surface area contributed by atoms with Crippen LogP contribution in [-0.4, -0.2) is 25.0 Å². The average molecular weight is 268 g/mol. The molecule has 0 atom stereocenters. The van der Waals surface area contributed by atoms with Gasteiger partial charge in [-0.1, -0.05) is 0 Å². The Morgan fingerprint density at radius 2 is 2.30 bits per heavy atom. The Labute approximate surface area is 114 Å². The van der Waals surface area contributed by atoms with Crippen LogP contribution < -0.4 is 0 Å². The minimum atomic E-state index is -0.813. The number of aryl methyl sites for hydroxylation is 2. The van der Waals surface area contributed by atoms with Crippen molar-refractivity contribution in [3.05, 3.63) is 35.7 Å². The van der Waals surface area contributed by atoms with Crippen molar-refractivity contribution >= 4 is 22.8 Å². The van der Waals surface area contributed by atoms with Gasteiger partial charge in [0.05, 0.1) is 29.1 Å². The molecular weight excluding hydrogens is 256 g/mol. The average Bonchev–Trinajstić information content (AvgIpc) is 2.93. The third-order valence-electron chi connectivity index (χ3n) is 3.40. The molecule has 3 rings (SSSR count). The van der Waals surface area contributed by atoms with Crippen molar-refractivity contribution in [3.8, 4) is 6.07 Å². The topological polar surface area (TPSA) is 83.3 Å². The fourth-order valence-electron chi connectivity index (χ4n) is 2.35. The van der Waals surface area contributed by atoms with E-state index in [0.29, 0.717) is 12.0 Å². The first-order valence-electron chi connectivity index (χ1n) is 6.18. The largest absolute Gasteiger partial charge is 0.481 e. The molecule has 0 spiro atoms. The second-order valence-corrected chi connectivity index (χ2v) is 4.67. The summed E-state index contributed by atoms with van der Waals surface area (Å²) in [4.78, 5) is 15.2. The van der Waals surface area contributed by atoms with Crippen molar-refractivity contribution in [2.24, 2.45) is 7.05 Å². The number of nitrogens with zero attached hydrogens (tertiary/aromatic N) is 4. The van der Waals surface area contributed by atoms with Gasteiger partial charge in [-0.15, -0.1) is 0 Å². The maximum atomic E-state index is 10.7. The standard InChI is InChI=1S/C14H12N4O2/c1-17-10(3-5-13(19)20)8-18-12-4-2-9(7-15)6-11(12)16-14(17)18/h2,4,6,8H,3,5H2,1H3,(H,19,20). The highest BCUT2D eigenvalue weighted by Gasteiger charge is 2.12. The quantitative estimate of drug-likeness (QED) is 0.783. The van der Waals surface area contributed by atoms with Gasteiger partial charge in [0.2, 0.25) is 5.78 Å². The zero-order valence-electron chi connectivity index (χ0n) is 10.9. The number of aromatic nitrogens is 3. The van der Waals surface area contributed by atoms with Crippen LogP contribution in [0.25, 0.3) is 16.8 Å². The number of hydrogen-bond donors (Lipinski definition) is 1. The summed E-state index contributed by atoms with van der Waals surface area (Å²) in [5, 5.41) is 17.7. The maximum Gasteiger partial charge on any atom is 0.303 e. The predicted molar refractivity (Wildman–Crippen MR) is 72.3 cm³/mol. The lowest BCUT2D eigenvalue weighted by atomic mass is 10.2. The summed E-state index contributed by atoms with van der Waals surface area (Å²) in [5.74, 6) is -0.0668. The van der Waals surface area contributed by atoms with Crippen LogP contribution in [-0.2, 0) is 18.3 Å². The van der Waals surface area contributed by atoms with Crippen molar-refractivity contribution in [1.82, 2.24) is 14.0 Å². The zero-order chi connectivity index (χ0) is 14.3. The van der Waals surface area contributed by atoms with Crippen molar-refractivity contribution < 1.29 is 9.90 Å². The normalized spacial score (nSPS) is 11.0. The van der Waals surface area contributed by atoms with Gasteiger partial charge >= 0.3 is 5.97 Å². The maximum absolute atomic E-state index is 10.7. The van der Waals surface area contributed by atoms with E-state index in [-0.39, 0.29) is 6.42 Å². The summed E-state index contributed by atoms with van der Waals surface area (Å²) in [6, 6.07) is 7.45. The number of hydrogen-bond acceptors (Lipinski definition) is 3. The minimum Gasteiger partial charge on any atom is -0.481 e. The number of imidazole rings is 2. The van der Waals surface area contributed by atoms with Crippen LogP contribution in [0.5, 0.6) is 0 Å². The lowest BCUT2D eigenvalue weighted by Gasteiger charge is -1.99. The molecule has 2 aromatic heterocycles. The molecule has 0 unspecified atom stereocenters. The predicted octanol–water partition coefficient (Wildman–Crippen LogP) is 1.71. The molecule has 2 heterocycles. The number of carboxylic acid groups (broad SMARTS) is 1. The molecule has 100 valence electrons. The van der Waals surface area contributed by atoms with E-state index >= 15 is 0 Å². The third-order valence-corrected chi connectivity index (χ3v) is 3.40. The Kier molecular flexibility index (Phi) is 2.68.